The standard InChI is InChI=1S/C14H23N3O/c1-4-12(10-15)9-14(18)17(3)11(2)13-5-7-16-8-6-13/h5-8,11-12H,4,9-10,15H2,1-3H3. The quantitative estimate of drug-likeness (QED) is 0.838. The highest BCUT2D eigenvalue weighted by Crippen LogP contribution is 2.20. The van der Waals surface area contributed by atoms with Gasteiger partial charge in [-0.2, -0.15) is 0 Å². The second-order valence-electron chi connectivity index (χ2n) is 4.68. The Morgan fingerprint density at radius 3 is 2.56 bits per heavy atom. The zero-order valence-electron chi connectivity index (χ0n) is 11.5. The first-order valence-corrected chi connectivity index (χ1v) is 6.45. The van der Waals surface area contributed by atoms with Gasteiger partial charge < -0.3 is 10.6 Å². The Kier molecular flexibility index (Phi) is 5.78. The van der Waals surface area contributed by atoms with Gasteiger partial charge >= 0.3 is 0 Å². The van der Waals surface area contributed by atoms with Crippen molar-refractivity contribution in [3.8, 4) is 0 Å². The van der Waals surface area contributed by atoms with Crippen LogP contribution in [0.3, 0.4) is 0 Å². The summed E-state index contributed by atoms with van der Waals surface area (Å²) < 4.78 is 0. The van der Waals surface area contributed by atoms with Gasteiger partial charge in [-0.15, -0.1) is 0 Å². The van der Waals surface area contributed by atoms with E-state index in [0.29, 0.717) is 13.0 Å². The molecule has 0 aliphatic heterocycles. The lowest BCUT2D eigenvalue weighted by Gasteiger charge is -2.26. The van der Waals surface area contributed by atoms with Crippen molar-refractivity contribution in [1.82, 2.24) is 9.88 Å². The Bertz CT molecular complexity index is 363. The summed E-state index contributed by atoms with van der Waals surface area (Å²) in [5.41, 5.74) is 6.74. The minimum absolute atomic E-state index is 0.0655. The van der Waals surface area contributed by atoms with Crippen LogP contribution in [0.1, 0.15) is 38.3 Å². The molecule has 0 fully saturated rings. The number of pyridine rings is 1. The third-order valence-corrected chi connectivity index (χ3v) is 3.54. The van der Waals surface area contributed by atoms with Crippen molar-refractivity contribution in [1.29, 1.82) is 0 Å². The molecule has 2 atom stereocenters. The summed E-state index contributed by atoms with van der Waals surface area (Å²) in [6.45, 7) is 4.66. The molecule has 0 aliphatic rings. The summed E-state index contributed by atoms with van der Waals surface area (Å²) >= 11 is 0. The van der Waals surface area contributed by atoms with Crippen molar-refractivity contribution in [2.24, 2.45) is 11.7 Å². The van der Waals surface area contributed by atoms with Crippen LogP contribution < -0.4 is 5.73 Å². The first-order valence-electron chi connectivity index (χ1n) is 6.45. The van der Waals surface area contributed by atoms with Crippen LogP contribution in [-0.4, -0.2) is 29.4 Å². The average molecular weight is 249 g/mol. The number of hydrogen-bond donors (Lipinski definition) is 1. The second kappa shape index (κ2) is 7.11. The largest absolute Gasteiger partial charge is 0.339 e. The fourth-order valence-electron chi connectivity index (χ4n) is 1.87. The van der Waals surface area contributed by atoms with Gasteiger partial charge in [0.2, 0.25) is 5.91 Å². The summed E-state index contributed by atoms with van der Waals surface area (Å²) in [5.74, 6) is 0.432. The molecule has 4 nitrogen and oxygen atoms in total. The predicted octanol–water partition coefficient (Wildman–Crippen LogP) is 1.98. The van der Waals surface area contributed by atoms with Crippen molar-refractivity contribution in [3.63, 3.8) is 0 Å². The number of aromatic nitrogens is 1. The molecule has 0 spiro atoms. The van der Waals surface area contributed by atoms with E-state index in [-0.39, 0.29) is 17.9 Å². The van der Waals surface area contributed by atoms with Gasteiger partial charge in [0.1, 0.15) is 0 Å². The van der Waals surface area contributed by atoms with Gasteiger partial charge in [0, 0.05) is 25.9 Å². The number of carbonyl (C=O) groups is 1. The van der Waals surface area contributed by atoms with Gasteiger partial charge in [0.15, 0.2) is 0 Å². The molecule has 0 aromatic carbocycles. The number of nitrogens with two attached hydrogens (primary N) is 1. The molecule has 0 aliphatic carbocycles. The summed E-state index contributed by atoms with van der Waals surface area (Å²) in [6, 6.07) is 3.94. The Morgan fingerprint density at radius 2 is 2.06 bits per heavy atom. The van der Waals surface area contributed by atoms with Gasteiger partial charge in [-0.05, 0) is 37.1 Å². The highest BCUT2D eigenvalue weighted by molar-refractivity contribution is 5.76. The zero-order chi connectivity index (χ0) is 13.5. The van der Waals surface area contributed by atoms with Crippen LogP contribution in [0.2, 0.25) is 0 Å². The molecule has 0 radical (unpaired) electrons. The van der Waals surface area contributed by atoms with Crippen LogP contribution in [0.5, 0.6) is 0 Å². The lowest BCUT2D eigenvalue weighted by molar-refractivity contribution is -0.132. The van der Waals surface area contributed by atoms with Crippen LogP contribution in [0.15, 0.2) is 24.5 Å². The predicted molar refractivity (Wildman–Crippen MR) is 72.9 cm³/mol. The molecule has 1 heterocycles. The fourth-order valence-corrected chi connectivity index (χ4v) is 1.87. The molecule has 1 aromatic rings. The minimum Gasteiger partial charge on any atom is -0.339 e. The normalized spacial score (nSPS) is 14.0. The van der Waals surface area contributed by atoms with E-state index >= 15 is 0 Å². The molecule has 0 bridgehead atoms. The van der Waals surface area contributed by atoms with E-state index in [0.717, 1.165) is 12.0 Å². The highest BCUT2D eigenvalue weighted by Gasteiger charge is 2.19. The molecule has 100 valence electrons. The summed E-state index contributed by atoms with van der Waals surface area (Å²) in [7, 11) is 1.84. The van der Waals surface area contributed by atoms with Crippen LogP contribution in [0.25, 0.3) is 0 Å². The van der Waals surface area contributed by atoms with Crippen LogP contribution in [-0.2, 0) is 4.79 Å². The van der Waals surface area contributed by atoms with E-state index in [2.05, 4.69) is 11.9 Å². The Labute approximate surface area is 109 Å². The maximum Gasteiger partial charge on any atom is 0.223 e. The topological polar surface area (TPSA) is 59.2 Å². The zero-order valence-corrected chi connectivity index (χ0v) is 11.5. The van der Waals surface area contributed by atoms with E-state index in [1.54, 1.807) is 17.3 Å². The monoisotopic (exact) mass is 249 g/mol. The summed E-state index contributed by atoms with van der Waals surface area (Å²) in [4.78, 5) is 17.9. The van der Waals surface area contributed by atoms with Crippen molar-refractivity contribution in [2.75, 3.05) is 13.6 Å². The SMILES string of the molecule is CCC(CN)CC(=O)N(C)C(C)c1ccncc1. The van der Waals surface area contributed by atoms with Crippen molar-refractivity contribution >= 4 is 5.91 Å². The van der Waals surface area contributed by atoms with Crippen molar-refractivity contribution in [2.45, 2.75) is 32.7 Å². The molecular formula is C14H23N3O. The maximum atomic E-state index is 12.1. The summed E-state index contributed by atoms with van der Waals surface area (Å²) in [5, 5.41) is 0. The van der Waals surface area contributed by atoms with Crippen molar-refractivity contribution < 1.29 is 4.79 Å². The third-order valence-electron chi connectivity index (χ3n) is 3.54. The van der Waals surface area contributed by atoms with E-state index in [9.17, 15) is 4.79 Å². The smallest absolute Gasteiger partial charge is 0.223 e. The fraction of sp³-hybridized carbons (Fsp3) is 0.571. The number of amides is 1. The maximum absolute atomic E-state index is 12.1. The Balaban J connectivity index is 2.63. The van der Waals surface area contributed by atoms with E-state index in [1.165, 1.54) is 0 Å². The molecule has 18 heavy (non-hydrogen) atoms. The number of nitrogens with zero attached hydrogens (tertiary/aromatic N) is 2. The third kappa shape index (κ3) is 3.81. The van der Waals surface area contributed by atoms with Crippen LogP contribution in [0.4, 0.5) is 0 Å². The minimum atomic E-state index is 0.0655. The molecule has 2 unspecified atom stereocenters. The van der Waals surface area contributed by atoms with E-state index < -0.39 is 0 Å². The molecule has 2 N–H and O–H groups in total. The molecule has 1 amide bonds. The molecule has 1 rings (SSSR count). The second-order valence-corrected chi connectivity index (χ2v) is 4.68. The molecular weight excluding hydrogens is 226 g/mol. The Morgan fingerprint density at radius 1 is 1.44 bits per heavy atom. The number of hydrogen-bond acceptors (Lipinski definition) is 3. The van der Waals surface area contributed by atoms with Gasteiger partial charge in [0.05, 0.1) is 6.04 Å². The first-order chi connectivity index (χ1) is 8.60. The van der Waals surface area contributed by atoms with Crippen molar-refractivity contribution in [3.05, 3.63) is 30.1 Å². The molecule has 0 saturated carbocycles. The van der Waals surface area contributed by atoms with Crippen LogP contribution in [0, 0.1) is 5.92 Å². The lowest BCUT2D eigenvalue weighted by atomic mass is 10.0. The number of rotatable bonds is 6. The molecule has 0 saturated heterocycles. The van der Waals surface area contributed by atoms with Crippen LogP contribution >= 0.6 is 0 Å². The number of carbonyl (C=O) groups excluding carboxylic acids is 1. The van der Waals surface area contributed by atoms with E-state index in [1.807, 2.05) is 26.1 Å². The van der Waals surface area contributed by atoms with E-state index in [4.69, 9.17) is 5.73 Å². The highest BCUT2D eigenvalue weighted by atomic mass is 16.2. The van der Waals surface area contributed by atoms with Gasteiger partial charge in [-0.3, -0.25) is 9.78 Å². The molecule has 1 aromatic heterocycles. The average Bonchev–Trinajstić information content (AvgIpc) is 2.43. The first kappa shape index (κ1) is 14.6. The Hall–Kier alpha value is -1.42. The van der Waals surface area contributed by atoms with Gasteiger partial charge in [0.25, 0.3) is 0 Å². The molecule has 4 heteroatoms. The summed E-state index contributed by atoms with van der Waals surface area (Å²) in [6.07, 6.45) is 4.97. The lowest BCUT2D eigenvalue weighted by Crippen LogP contribution is -2.32. The van der Waals surface area contributed by atoms with Gasteiger partial charge in [-0.1, -0.05) is 13.3 Å². The van der Waals surface area contributed by atoms with Gasteiger partial charge in [-0.25, -0.2) is 0 Å².